The Hall–Kier alpha value is -2.36. The summed E-state index contributed by atoms with van der Waals surface area (Å²) >= 11 is 0. The van der Waals surface area contributed by atoms with Crippen molar-refractivity contribution >= 4 is 19.5 Å². The van der Waals surface area contributed by atoms with Crippen molar-refractivity contribution in [1.29, 1.82) is 0 Å². The van der Waals surface area contributed by atoms with Crippen molar-refractivity contribution in [3.8, 4) is 0 Å². The molecule has 116 valence electrons. The molecule has 1 atom stereocenters. The molecule has 1 fully saturated rings. The van der Waals surface area contributed by atoms with E-state index >= 15 is 0 Å². The highest BCUT2D eigenvalue weighted by atomic mass is 16.5. The molecule has 0 heterocycles. The largest absolute Gasteiger partial charge is 0.468 e. The second-order valence-electron chi connectivity index (χ2n) is 6.11. The number of esters is 1. The highest BCUT2D eigenvalue weighted by molar-refractivity contribution is 6.30. The van der Waals surface area contributed by atoms with Crippen molar-refractivity contribution in [3.05, 3.63) is 71.8 Å². The number of aliphatic imine (C=N–C) groups is 1. The molecule has 0 amide bonds. The molecule has 3 rings (SSSR count). The quantitative estimate of drug-likeness (QED) is 0.483. The van der Waals surface area contributed by atoms with E-state index in [9.17, 15) is 4.79 Å². The van der Waals surface area contributed by atoms with Crippen molar-refractivity contribution in [2.45, 2.75) is 18.3 Å². The fraction of sp³-hybridized carbons (Fsp3) is 0.263. The molecule has 0 bridgehead atoms. The smallest absolute Gasteiger partial charge is 0.325 e. The SMILES string of the molecule is BC(N=C(c1ccccc1)c1ccccc1)(C(=O)OC)C1CC1. The summed E-state index contributed by atoms with van der Waals surface area (Å²) in [5.74, 6) is 0.00161. The van der Waals surface area contributed by atoms with Crippen molar-refractivity contribution in [3.63, 3.8) is 0 Å². The molecule has 0 spiro atoms. The highest BCUT2D eigenvalue weighted by Gasteiger charge is 2.48. The summed E-state index contributed by atoms with van der Waals surface area (Å²) in [6, 6.07) is 20.0. The lowest BCUT2D eigenvalue weighted by molar-refractivity contribution is -0.144. The fourth-order valence-corrected chi connectivity index (χ4v) is 2.88. The number of ether oxygens (including phenoxy) is 1. The number of methoxy groups -OCH3 is 1. The Labute approximate surface area is 137 Å². The van der Waals surface area contributed by atoms with Crippen molar-refractivity contribution in [1.82, 2.24) is 0 Å². The first kappa shape index (κ1) is 15.5. The molecule has 23 heavy (non-hydrogen) atoms. The van der Waals surface area contributed by atoms with Crippen LogP contribution in [0.4, 0.5) is 0 Å². The zero-order valence-corrected chi connectivity index (χ0v) is 13.5. The van der Waals surface area contributed by atoms with Gasteiger partial charge >= 0.3 is 5.97 Å². The molecular weight excluding hydrogens is 285 g/mol. The summed E-state index contributed by atoms with van der Waals surface area (Å²) in [4.78, 5) is 17.3. The van der Waals surface area contributed by atoms with E-state index in [1.54, 1.807) is 0 Å². The van der Waals surface area contributed by atoms with Gasteiger partial charge in [-0.25, -0.2) is 0 Å². The average Bonchev–Trinajstić information content (AvgIpc) is 3.46. The van der Waals surface area contributed by atoms with Gasteiger partial charge in [-0.15, -0.1) is 0 Å². The van der Waals surface area contributed by atoms with E-state index in [0.717, 1.165) is 29.7 Å². The lowest BCUT2D eigenvalue weighted by Crippen LogP contribution is -2.42. The van der Waals surface area contributed by atoms with Gasteiger partial charge in [0.25, 0.3) is 0 Å². The van der Waals surface area contributed by atoms with Gasteiger partial charge in [0, 0.05) is 11.1 Å². The molecule has 2 aromatic rings. The molecule has 0 N–H and O–H groups in total. The van der Waals surface area contributed by atoms with Crippen LogP contribution >= 0.6 is 0 Å². The van der Waals surface area contributed by atoms with Gasteiger partial charge < -0.3 is 4.74 Å². The predicted molar refractivity (Wildman–Crippen MR) is 94.5 cm³/mol. The Morgan fingerprint density at radius 3 is 1.91 bits per heavy atom. The van der Waals surface area contributed by atoms with Crippen LogP contribution in [0.1, 0.15) is 24.0 Å². The Morgan fingerprint density at radius 1 is 1.04 bits per heavy atom. The molecule has 0 aromatic heterocycles. The van der Waals surface area contributed by atoms with Crippen molar-refractivity contribution in [2.24, 2.45) is 10.9 Å². The third kappa shape index (κ3) is 3.21. The number of hydrogen-bond acceptors (Lipinski definition) is 3. The maximum Gasteiger partial charge on any atom is 0.325 e. The molecule has 1 aliphatic carbocycles. The maximum absolute atomic E-state index is 12.4. The third-order valence-electron chi connectivity index (χ3n) is 4.41. The van der Waals surface area contributed by atoms with E-state index in [-0.39, 0.29) is 11.9 Å². The highest BCUT2D eigenvalue weighted by Crippen LogP contribution is 2.41. The van der Waals surface area contributed by atoms with E-state index in [2.05, 4.69) is 0 Å². The Bertz CT molecular complexity index is 669. The summed E-state index contributed by atoms with van der Waals surface area (Å²) < 4.78 is 5.04. The number of carbonyl (C=O) groups excluding carboxylic acids is 1. The summed E-state index contributed by atoms with van der Waals surface area (Å²) in [6.45, 7) is 0. The molecule has 1 unspecified atom stereocenters. The van der Waals surface area contributed by atoms with Crippen LogP contribution in [0.2, 0.25) is 0 Å². The number of benzene rings is 2. The lowest BCUT2D eigenvalue weighted by atomic mass is 9.73. The van der Waals surface area contributed by atoms with Gasteiger partial charge in [0.1, 0.15) is 5.44 Å². The second-order valence-corrected chi connectivity index (χ2v) is 6.11. The zero-order chi connectivity index (χ0) is 16.3. The van der Waals surface area contributed by atoms with Gasteiger partial charge in [-0.1, -0.05) is 60.7 Å². The topological polar surface area (TPSA) is 38.7 Å². The van der Waals surface area contributed by atoms with Gasteiger partial charge in [0.15, 0.2) is 7.85 Å². The standard InChI is InChI=1S/C19H20BNO2/c1-23-18(22)19(20,16-12-13-16)21-17(14-8-4-2-5-9-14)15-10-6-3-7-11-15/h2-11,16H,12-13,20H2,1H3. The second kappa shape index (κ2) is 6.41. The summed E-state index contributed by atoms with van der Waals surface area (Å²) in [7, 11) is 3.32. The number of carbonyl (C=O) groups is 1. The summed E-state index contributed by atoms with van der Waals surface area (Å²) in [5.41, 5.74) is 2.03. The Balaban J connectivity index is 2.13. The van der Waals surface area contributed by atoms with Crippen molar-refractivity contribution in [2.75, 3.05) is 7.11 Å². The van der Waals surface area contributed by atoms with Crippen LogP contribution in [0.3, 0.4) is 0 Å². The van der Waals surface area contributed by atoms with Gasteiger partial charge in [-0.05, 0) is 18.8 Å². The monoisotopic (exact) mass is 305 g/mol. The molecular formula is C19H20BNO2. The predicted octanol–water partition coefficient (Wildman–Crippen LogP) is 2.44. The van der Waals surface area contributed by atoms with Crippen molar-refractivity contribution < 1.29 is 9.53 Å². The summed E-state index contributed by atoms with van der Waals surface area (Å²) in [5, 5.41) is 0. The first-order chi connectivity index (χ1) is 11.1. The van der Waals surface area contributed by atoms with E-state index in [0.29, 0.717) is 0 Å². The first-order valence-electron chi connectivity index (χ1n) is 7.94. The van der Waals surface area contributed by atoms with Crippen LogP contribution in [0.5, 0.6) is 0 Å². The van der Waals surface area contributed by atoms with Crippen LogP contribution in [0, 0.1) is 5.92 Å². The molecule has 2 aromatic carbocycles. The summed E-state index contributed by atoms with van der Waals surface area (Å²) in [6.07, 6.45) is 2.04. The maximum atomic E-state index is 12.4. The minimum Gasteiger partial charge on any atom is -0.468 e. The van der Waals surface area contributed by atoms with E-state index in [1.807, 2.05) is 68.5 Å². The number of hydrogen-bond donors (Lipinski definition) is 0. The molecule has 0 saturated heterocycles. The lowest BCUT2D eigenvalue weighted by Gasteiger charge is -2.24. The molecule has 0 aliphatic heterocycles. The first-order valence-corrected chi connectivity index (χ1v) is 7.94. The van der Waals surface area contributed by atoms with Crippen LogP contribution in [-0.2, 0) is 9.53 Å². The van der Waals surface area contributed by atoms with Crippen LogP contribution in [0.15, 0.2) is 65.7 Å². The third-order valence-corrected chi connectivity index (χ3v) is 4.41. The number of nitrogens with zero attached hydrogens (tertiary/aromatic N) is 1. The van der Waals surface area contributed by atoms with Gasteiger partial charge in [0.05, 0.1) is 12.8 Å². The fourth-order valence-electron chi connectivity index (χ4n) is 2.88. The number of rotatable bonds is 5. The van der Waals surface area contributed by atoms with Crippen LogP contribution in [0.25, 0.3) is 0 Å². The molecule has 1 saturated carbocycles. The molecule has 4 heteroatoms. The molecule has 3 nitrogen and oxygen atoms in total. The minimum atomic E-state index is -0.824. The Morgan fingerprint density at radius 2 is 1.52 bits per heavy atom. The Kier molecular flexibility index (Phi) is 4.33. The van der Waals surface area contributed by atoms with E-state index in [1.165, 1.54) is 7.11 Å². The normalized spacial score (nSPS) is 16.2. The zero-order valence-electron chi connectivity index (χ0n) is 13.5. The minimum absolute atomic E-state index is 0.260. The van der Waals surface area contributed by atoms with E-state index < -0.39 is 5.44 Å². The van der Waals surface area contributed by atoms with Crippen LogP contribution < -0.4 is 0 Å². The van der Waals surface area contributed by atoms with Gasteiger partial charge in [-0.2, -0.15) is 0 Å². The van der Waals surface area contributed by atoms with Gasteiger partial charge in [0.2, 0.25) is 0 Å². The molecule has 1 aliphatic rings. The van der Waals surface area contributed by atoms with E-state index in [4.69, 9.17) is 9.73 Å². The molecule has 0 radical (unpaired) electrons. The average molecular weight is 305 g/mol. The van der Waals surface area contributed by atoms with Crippen LogP contribution in [-0.4, -0.2) is 32.1 Å². The van der Waals surface area contributed by atoms with Gasteiger partial charge in [-0.3, -0.25) is 9.79 Å².